The van der Waals surface area contributed by atoms with E-state index in [1.807, 2.05) is 7.05 Å². The van der Waals surface area contributed by atoms with E-state index in [0.29, 0.717) is 0 Å². The van der Waals surface area contributed by atoms with Crippen LogP contribution < -0.4 is 5.32 Å². The van der Waals surface area contributed by atoms with Gasteiger partial charge in [-0.2, -0.15) is 0 Å². The molecule has 3 rings (SSSR count). The molecule has 2 fully saturated rings. The van der Waals surface area contributed by atoms with Crippen LogP contribution in [-0.4, -0.2) is 49.1 Å². The predicted octanol–water partition coefficient (Wildman–Crippen LogP) is 2.08. The maximum atomic E-state index is 3.23. The van der Waals surface area contributed by atoms with Crippen molar-refractivity contribution in [3.05, 3.63) is 35.4 Å². The van der Waals surface area contributed by atoms with Crippen molar-refractivity contribution in [2.45, 2.75) is 38.4 Å². The van der Waals surface area contributed by atoms with Crippen LogP contribution >= 0.6 is 0 Å². The molecule has 2 heterocycles. The molecule has 0 amide bonds. The van der Waals surface area contributed by atoms with Crippen LogP contribution in [0.4, 0.5) is 0 Å². The SMILES string of the molecule is CNCc1cccc(CN2CCN3CCCCC3C2)c1. The van der Waals surface area contributed by atoms with Crippen molar-refractivity contribution in [1.29, 1.82) is 0 Å². The molecule has 1 atom stereocenters. The number of piperidine rings is 1. The van der Waals surface area contributed by atoms with Gasteiger partial charge in [-0.05, 0) is 37.6 Å². The summed E-state index contributed by atoms with van der Waals surface area (Å²) in [5.41, 5.74) is 2.85. The zero-order valence-corrected chi connectivity index (χ0v) is 12.6. The first-order valence-electron chi connectivity index (χ1n) is 8.04. The topological polar surface area (TPSA) is 18.5 Å². The summed E-state index contributed by atoms with van der Waals surface area (Å²) in [6.07, 6.45) is 4.23. The molecule has 0 saturated carbocycles. The Bertz CT molecular complexity index is 432. The number of nitrogens with one attached hydrogen (secondary N) is 1. The van der Waals surface area contributed by atoms with Crippen molar-refractivity contribution in [3.63, 3.8) is 0 Å². The lowest BCUT2D eigenvalue weighted by atomic mass is 9.99. The fourth-order valence-corrected chi connectivity index (χ4v) is 3.66. The van der Waals surface area contributed by atoms with Crippen LogP contribution in [-0.2, 0) is 13.1 Å². The molecule has 2 aliphatic rings. The van der Waals surface area contributed by atoms with Crippen molar-refractivity contribution in [2.24, 2.45) is 0 Å². The van der Waals surface area contributed by atoms with Gasteiger partial charge in [0, 0.05) is 38.8 Å². The molecule has 2 aliphatic heterocycles. The fourth-order valence-electron chi connectivity index (χ4n) is 3.66. The number of benzene rings is 1. The van der Waals surface area contributed by atoms with Crippen molar-refractivity contribution >= 4 is 0 Å². The summed E-state index contributed by atoms with van der Waals surface area (Å²) in [5, 5.41) is 3.23. The fraction of sp³-hybridized carbons (Fsp3) is 0.647. The number of rotatable bonds is 4. The van der Waals surface area contributed by atoms with Crippen LogP contribution in [0.5, 0.6) is 0 Å². The second-order valence-corrected chi connectivity index (χ2v) is 6.27. The van der Waals surface area contributed by atoms with Gasteiger partial charge in [-0.3, -0.25) is 9.80 Å². The van der Waals surface area contributed by atoms with Crippen molar-refractivity contribution < 1.29 is 0 Å². The van der Waals surface area contributed by atoms with E-state index in [1.165, 1.54) is 56.6 Å². The van der Waals surface area contributed by atoms with E-state index in [-0.39, 0.29) is 0 Å². The molecule has 1 aromatic rings. The van der Waals surface area contributed by atoms with E-state index in [4.69, 9.17) is 0 Å². The standard InChI is InChI=1S/C17H27N3/c1-18-12-15-5-4-6-16(11-15)13-19-9-10-20-8-3-2-7-17(20)14-19/h4-6,11,17-18H,2-3,7-10,12-14H2,1H3. The van der Waals surface area contributed by atoms with Gasteiger partial charge in [0.25, 0.3) is 0 Å². The smallest absolute Gasteiger partial charge is 0.0235 e. The highest BCUT2D eigenvalue weighted by molar-refractivity contribution is 5.23. The molecule has 20 heavy (non-hydrogen) atoms. The molecule has 2 saturated heterocycles. The van der Waals surface area contributed by atoms with E-state index < -0.39 is 0 Å². The largest absolute Gasteiger partial charge is 0.316 e. The Kier molecular flexibility index (Phi) is 4.71. The van der Waals surface area contributed by atoms with Gasteiger partial charge in [-0.25, -0.2) is 0 Å². The van der Waals surface area contributed by atoms with Crippen LogP contribution in [0.1, 0.15) is 30.4 Å². The molecule has 3 nitrogen and oxygen atoms in total. The van der Waals surface area contributed by atoms with Crippen LogP contribution in [0.3, 0.4) is 0 Å². The van der Waals surface area contributed by atoms with Crippen LogP contribution in [0.15, 0.2) is 24.3 Å². The monoisotopic (exact) mass is 273 g/mol. The minimum Gasteiger partial charge on any atom is -0.316 e. The van der Waals surface area contributed by atoms with E-state index in [2.05, 4.69) is 39.4 Å². The lowest BCUT2D eigenvalue weighted by Crippen LogP contribution is -2.54. The molecular formula is C17H27N3. The minimum atomic E-state index is 0.818. The third kappa shape index (κ3) is 3.40. The van der Waals surface area contributed by atoms with Crippen LogP contribution in [0.25, 0.3) is 0 Å². The second-order valence-electron chi connectivity index (χ2n) is 6.27. The summed E-state index contributed by atoms with van der Waals surface area (Å²) in [5.74, 6) is 0. The van der Waals surface area contributed by atoms with E-state index in [0.717, 1.165) is 19.1 Å². The lowest BCUT2D eigenvalue weighted by molar-refractivity contribution is 0.0457. The average molecular weight is 273 g/mol. The Labute approximate surface area is 123 Å². The van der Waals surface area contributed by atoms with E-state index >= 15 is 0 Å². The summed E-state index contributed by atoms with van der Waals surface area (Å²) >= 11 is 0. The summed E-state index contributed by atoms with van der Waals surface area (Å²) in [6, 6.07) is 9.84. The van der Waals surface area contributed by atoms with Gasteiger partial charge in [0.2, 0.25) is 0 Å². The van der Waals surface area contributed by atoms with Gasteiger partial charge in [-0.1, -0.05) is 30.7 Å². The molecular weight excluding hydrogens is 246 g/mol. The predicted molar refractivity (Wildman–Crippen MR) is 83.7 cm³/mol. The Morgan fingerprint density at radius 3 is 2.95 bits per heavy atom. The van der Waals surface area contributed by atoms with Crippen molar-refractivity contribution in [2.75, 3.05) is 33.2 Å². The van der Waals surface area contributed by atoms with Gasteiger partial charge in [0.05, 0.1) is 0 Å². The third-order valence-corrected chi connectivity index (χ3v) is 4.70. The number of nitrogens with zero attached hydrogens (tertiary/aromatic N) is 2. The molecule has 3 heteroatoms. The Balaban J connectivity index is 1.59. The average Bonchev–Trinajstić information content (AvgIpc) is 2.48. The van der Waals surface area contributed by atoms with Crippen LogP contribution in [0, 0.1) is 0 Å². The number of fused-ring (bicyclic) bond motifs is 1. The maximum Gasteiger partial charge on any atom is 0.0235 e. The normalized spacial score (nSPS) is 24.6. The maximum absolute atomic E-state index is 3.23. The van der Waals surface area contributed by atoms with E-state index in [1.54, 1.807) is 0 Å². The first-order chi connectivity index (χ1) is 9.85. The van der Waals surface area contributed by atoms with Crippen molar-refractivity contribution in [1.82, 2.24) is 15.1 Å². The Hall–Kier alpha value is -0.900. The first-order valence-corrected chi connectivity index (χ1v) is 8.04. The van der Waals surface area contributed by atoms with Gasteiger partial charge >= 0.3 is 0 Å². The van der Waals surface area contributed by atoms with Crippen molar-refractivity contribution in [3.8, 4) is 0 Å². The minimum absolute atomic E-state index is 0.818. The zero-order chi connectivity index (χ0) is 13.8. The van der Waals surface area contributed by atoms with Gasteiger partial charge in [0.15, 0.2) is 0 Å². The molecule has 0 spiro atoms. The summed E-state index contributed by atoms with van der Waals surface area (Å²) in [4.78, 5) is 5.35. The van der Waals surface area contributed by atoms with Gasteiger partial charge in [-0.15, -0.1) is 0 Å². The zero-order valence-electron chi connectivity index (χ0n) is 12.6. The lowest BCUT2D eigenvalue weighted by Gasteiger charge is -2.44. The Morgan fingerprint density at radius 2 is 2.05 bits per heavy atom. The third-order valence-electron chi connectivity index (χ3n) is 4.70. The Morgan fingerprint density at radius 1 is 1.15 bits per heavy atom. The van der Waals surface area contributed by atoms with Gasteiger partial charge in [0.1, 0.15) is 0 Å². The molecule has 0 bridgehead atoms. The number of piperazine rings is 1. The molecule has 0 radical (unpaired) electrons. The highest BCUT2D eigenvalue weighted by Gasteiger charge is 2.28. The number of hydrogen-bond donors (Lipinski definition) is 1. The summed E-state index contributed by atoms with van der Waals surface area (Å²) in [7, 11) is 2.01. The molecule has 0 aliphatic carbocycles. The summed E-state index contributed by atoms with van der Waals surface area (Å²) < 4.78 is 0. The molecule has 110 valence electrons. The van der Waals surface area contributed by atoms with Gasteiger partial charge < -0.3 is 5.32 Å². The first kappa shape index (κ1) is 14.1. The van der Waals surface area contributed by atoms with E-state index in [9.17, 15) is 0 Å². The highest BCUT2D eigenvalue weighted by atomic mass is 15.3. The second kappa shape index (κ2) is 6.70. The highest BCUT2D eigenvalue weighted by Crippen LogP contribution is 2.22. The molecule has 1 unspecified atom stereocenters. The molecule has 1 aromatic carbocycles. The number of hydrogen-bond acceptors (Lipinski definition) is 3. The quantitative estimate of drug-likeness (QED) is 0.906. The summed E-state index contributed by atoms with van der Waals surface area (Å²) in [6.45, 7) is 7.16. The molecule has 0 aromatic heterocycles. The van der Waals surface area contributed by atoms with Crippen LogP contribution in [0.2, 0.25) is 0 Å². The molecule has 1 N–H and O–H groups in total.